The van der Waals surface area contributed by atoms with Gasteiger partial charge in [-0.25, -0.2) is 4.39 Å². The quantitative estimate of drug-likeness (QED) is 0.782. The molecule has 0 heterocycles. The van der Waals surface area contributed by atoms with E-state index in [4.69, 9.17) is 0 Å². The van der Waals surface area contributed by atoms with Gasteiger partial charge in [0, 0.05) is 10.9 Å². The smallest absolute Gasteiger partial charge is 0.129 e. The number of halogens is 2. The summed E-state index contributed by atoms with van der Waals surface area (Å²) in [5, 5.41) is 0. The molecule has 1 unspecified atom stereocenters. The van der Waals surface area contributed by atoms with E-state index in [0.29, 0.717) is 12.0 Å². The van der Waals surface area contributed by atoms with Gasteiger partial charge in [0.25, 0.3) is 0 Å². The average Bonchev–Trinajstić information content (AvgIpc) is 2.23. The second-order valence-corrected chi connectivity index (χ2v) is 4.93. The largest absolute Gasteiger partial charge is 0.300 e. The summed E-state index contributed by atoms with van der Waals surface area (Å²) in [6.07, 6.45) is 2.09. The number of hydrogen-bond donors (Lipinski definition) is 0. The van der Waals surface area contributed by atoms with Gasteiger partial charge in [-0.15, -0.1) is 0 Å². The van der Waals surface area contributed by atoms with Crippen LogP contribution in [-0.2, 0) is 4.79 Å². The van der Waals surface area contributed by atoms with Gasteiger partial charge in [-0.2, -0.15) is 0 Å². The maximum absolute atomic E-state index is 13.6. The van der Waals surface area contributed by atoms with Crippen LogP contribution in [0.15, 0.2) is 22.7 Å². The van der Waals surface area contributed by atoms with Gasteiger partial charge in [0.05, 0.1) is 0 Å². The molecule has 16 heavy (non-hydrogen) atoms. The highest BCUT2D eigenvalue weighted by molar-refractivity contribution is 9.10. The summed E-state index contributed by atoms with van der Waals surface area (Å²) in [6.45, 7) is 3.59. The first-order valence-corrected chi connectivity index (χ1v) is 6.28. The first-order chi connectivity index (χ1) is 7.54. The molecule has 0 aliphatic rings. The molecule has 0 saturated heterocycles. The lowest BCUT2D eigenvalue weighted by molar-refractivity contribution is -0.117. The Bertz CT molecular complexity index is 376. The van der Waals surface area contributed by atoms with E-state index in [-0.39, 0.29) is 17.5 Å². The normalized spacial score (nSPS) is 12.5. The van der Waals surface area contributed by atoms with E-state index in [1.807, 2.05) is 13.0 Å². The van der Waals surface area contributed by atoms with Crippen LogP contribution in [0, 0.1) is 5.82 Å². The number of carbonyl (C=O) groups excluding carboxylic acids is 1. The van der Waals surface area contributed by atoms with Crippen molar-refractivity contribution in [2.24, 2.45) is 0 Å². The molecule has 0 amide bonds. The molecular weight excluding hydrogens is 271 g/mol. The highest BCUT2D eigenvalue weighted by Gasteiger charge is 2.14. The van der Waals surface area contributed by atoms with Crippen molar-refractivity contribution in [3.8, 4) is 0 Å². The Hall–Kier alpha value is -0.700. The maximum Gasteiger partial charge on any atom is 0.129 e. The molecule has 88 valence electrons. The molecule has 1 nitrogen and oxygen atoms in total. The van der Waals surface area contributed by atoms with E-state index in [2.05, 4.69) is 15.9 Å². The molecule has 3 heteroatoms. The van der Waals surface area contributed by atoms with Crippen molar-refractivity contribution in [1.82, 2.24) is 0 Å². The summed E-state index contributed by atoms with van der Waals surface area (Å²) in [6, 6.07) is 4.97. The fourth-order valence-electron chi connectivity index (χ4n) is 1.78. The number of carbonyl (C=O) groups is 1. The van der Waals surface area contributed by atoms with E-state index < -0.39 is 0 Å². The van der Waals surface area contributed by atoms with Gasteiger partial charge in [0.15, 0.2) is 0 Å². The molecule has 0 bridgehead atoms. The van der Waals surface area contributed by atoms with Gasteiger partial charge in [0.1, 0.15) is 11.6 Å². The van der Waals surface area contributed by atoms with Crippen molar-refractivity contribution in [2.45, 2.75) is 39.0 Å². The van der Waals surface area contributed by atoms with Crippen LogP contribution in [0.4, 0.5) is 4.39 Å². The van der Waals surface area contributed by atoms with Gasteiger partial charge in [0.2, 0.25) is 0 Å². The van der Waals surface area contributed by atoms with Crippen molar-refractivity contribution in [2.75, 3.05) is 0 Å². The van der Waals surface area contributed by atoms with Gasteiger partial charge >= 0.3 is 0 Å². The fraction of sp³-hybridized carbons (Fsp3) is 0.462. The van der Waals surface area contributed by atoms with Gasteiger partial charge in [-0.1, -0.05) is 22.9 Å². The standard InChI is InChI=1S/C13H16BrFO/c1-3-10(5-4-9(2)16)12-8-11(14)6-7-13(12)15/h6-8,10H,3-5H2,1-2H3. The van der Waals surface area contributed by atoms with Crippen LogP contribution in [-0.4, -0.2) is 5.78 Å². The zero-order valence-electron chi connectivity index (χ0n) is 9.59. The molecule has 0 radical (unpaired) electrons. The van der Waals surface area contributed by atoms with E-state index in [1.54, 1.807) is 13.0 Å². The molecule has 1 atom stereocenters. The van der Waals surface area contributed by atoms with E-state index in [0.717, 1.165) is 17.3 Å². The van der Waals surface area contributed by atoms with Crippen molar-refractivity contribution >= 4 is 21.7 Å². The molecule has 0 aliphatic carbocycles. The molecule has 1 aromatic rings. The van der Waals surface area contributed by atoms with Crippen molar-refractivity contribution in [3.05, 3.63) is 34.1 Å². The van der Waals surface area contributed by atoms with Crippen LogP contribution in [0.25, 0.3) is 0 Å². The highest BCUT2D eigenvalue weighted by Crippen LogP contribution is 2.29. The van der Waals surface area contributed by atoms with Crippen LogP contribution >= 0.6 is 15.9 Å². The summed E-state index contributed by atoms with van der Waals surface area (Å²) in [7, 11) is 0. The second kappa shape index (κ2) is 6.14. The van der Waals surface area contributed by atoms with Crippen LogP contribution in [0.3, 0.4) is 0 Å². The third kappa shape index (κ3) is 3.71. The van der Waals surface area contributed by atoms with Crippen LogP contribution < -0.4 is 0 Å². The van der Waals surface area contributed by atoms with Crippen LogP contribution in [0.1, 0.15) is 44.6 Å². The maximum atomic E-state index is 13.6. The third-order valence-electron chi connectivity index (χ3n) is 2.74. The first-order valence-electron chi connectivity index (χ1n) is 5.49. The molecule has 0 N–H and O–H groups in total. The zero-order chi connectivity index (χ0) is 12.1. The molecule has 1 aromatic carbocycles. The number of rotatable bonds is 5. The Balaban J connectivity index is 2.85. The third-order valence-corrected chi connectivity index (χ3v) is 3.23. The zero-order valence-corrected chi connectivity index (χ0v) is 11.2. The van der Waals surface area contributed by atoms with Crippen molar-refractivity contribution in [3.63, 3.8) is 0 Å². The predicted molar refractivity (Wildman–Crippen MR) is 67.0 cm³/mol. The Morgan fingerprint density at radius 1 is 1.50 bits per heavy atom. The summed E-state index contributed by atoms with van der Waals surface area (Å²) in [5.41, 5.74) is 0.707. The van der Waals surface area contributed by atoms with E-state index >= 15 is 0 Å². The number of benzene rings is 1. The number of Topliss-reactive ketones (excluding diaryl/α,β-unsaturated/α-hetero) is 1. The van der Waals surface area contributed by atoms with E-state index in [9.17, 15) is 9.18 Å². The number of ketones is 1. The summed E-state index contributed by atoms with van der Waals surface area (Å²) in [4.78, 5) is 10.9. The molecule has 0 aromatic heterocycles. The molecular formula is C13H16BrFO. The topological polar surface area (TPSA) is 17.1 Å². The molecule has 0 spiro atoms. The Kier molecular flexibility index (Phi) is 5.13. The Morgan fingerprint density at radius 3 is 2.75 bits per heavy atom. The van der Waals surface area contributed by atoms with Crippen LogP contribution in [0.2, 0.25) is 0 Å². The summed E-state index contributed by atoms with van der Waals surface area (Å²) < 4.78 is 14.5. The van der Waals surface area contributed by atoms with Gasteiger partial charge < -0.3 is 4.79 Å². The minimum atomic E-state index is -0.182. The van der Waals surface area contributed by atoms with Crippen molar-refractivity contribution in [1.29, 1.82) is 0 Å². The predicted octanol–water partition coefficient (Wildman–Crippen LogP) is 4.45. The van der Waals surface area contributed by atoms with Gasteiger partial charge in [-0.3, -0.25) is 0 Å². The second-order valence-electron chi connectivity index (χ2n) is 4.01. The molecule has 0 fully saturated rings. The van der Waals surface area contributed by atoms with Crippen molar-refractivity contribution < 1.29 is 9.18 Å². The average molecular weight is 287 g/mol. The van der Waals surface area contributed by atoms with Gasteiger partial charge in [-0.05, 0) is 49.4 Å². The summed E-state index contributed by atoms with van der Waals surface area (Å²) >= 11 is 3.34. The fourth-order valence-corrected chi connectivity index (χ4v) is 2.16. The molecule has 0 saturated carbocycles. The lowest BCUT2D eigenvalue weighted by Crippen LogP contribution is -2.03. The highest BCUT2D eigenvalue weighted by atomic mass is 79.9. The van der Waals surface area contributed by atoms with Crippen LogP contribution in [0.5, 0.6) is 0 Å². The monoisotopic (exact) mass is 286 g/mol. The minimum Gasteiger partial charge on any atom is -0.300 e. The lowest BCUT2D eigenvalue weighted by Gasteiger charge is -2.15. The molecule has 0 aliphatic heterocycles. The number of hydrogen-bond acceptors (Lipinski definition) is 1. The van der Waals surface area contributed by atoms with E-state index in [1.165, 1.54) is 6.07 Å². The minimum absolute atomic E-state index is 0.126. The Labute approximate surface area is 104 Å². The first kappa shape index (κ1) is 13.4. The lowest BCUT2D eigenvalue weighted by atomic mass is 9.91. The summed E-state index contributed by atoms with van der Waals surface area (Å²) in [5.74, 6) is 0.105. The SMILES string of the molecule is CCC(CCC(C)=O)c1cc(Br)ccc1F. The Morgan fingerprint density at radius 2 is 2.19 bits per heavy atom. The molecule has 1 rings (SSSR count).